The average molecular weight is 856 g/mol. The van der Waals surface area contributed by atoms with Crippen molar-refractivity contribution in [3.63, 3.8) is 0 Å². The number of hydrogen-bond acceptors (Lipinski definition) is 3. The zero-order valence-corrected chi connectivity index (χ0v) is 37.2. The van der Waals surface area contributed by atoms with Gasteiger partial charge in [-0.15, -0.1) is 0 Å². The van der Waals surface area contributed by atoms with Crippen molar-refractivity contribution in [3.05, 3.63) is 265 Å². The highest BCUT2D eigenvalue weighted by atomic mass is 15.0. The fraction of sp³-hybridized carbons (Fsp3) is 0.0469. The third-order valence-electron chi connectivity index (χ3n) is 13.7. The van der Waals surface area contributed by atoms with Crippen LogP contribution in [-0.2, 0) is 5.41 Å². The number of rotatable bonds is 9. The standard InChI is InChI=1S/C64H45N3/c1-3-20-42(4-2)47-35-48(43-21-8-5-9-22-43)38-51(37-47)62-65-61(66-63(67-62)52-39-49(44-23-10-6-11-24-44)36-50(40-52)45-25-12-7-13-26-45)46-33-34-56-55-29-16-19-32-59(55)64(60(56)41-46)57-30-17-14-27-53(57)54-28-15-18-31-58(54)64/h3,5-41H,1,4H2,2H3/b42-20+. The Morgan fingerprint density at radius 1 is 0.373 bits per heavy atom. The van der Waals surface area contributed by atoms with Gasteiger partial charge in [-0.05, 0) is 138 Å². The maximum absolute atomic E-state index is 5.48. The molecule has 0 saturated carbocycles. The van der Waals surface area contributed by atoms with Crippen molar-refractivity contribution in [2.24, 2.45) is 0 Å². The molecule has 1 heterocycles. The quantitative estimate of drug-likeness (QED) is 0.136. The van der Waals surface area contributed by atoms with Crippen LogP contribution < -0.4 is 0 Å². The number of allylic oxidation sites excluding steroid dienone is 3. The Labute approximate surface area is 392 Å². The van der Waals surface area contributed by atoms with E-state index in [-0.39, 0.29) is 0 Å². The van der Waals surface area contributed by atoms with Crippen molar-refractivity contribution >= 4 is 5.57 Å². The molecule has 2 aliphatic rings. The molecule has 10 aromatic rings. The number of nitrogens with zero attached hydrogens (tertiary/aromatic N) is 3. The minimum atomic E-state index is -0.505. The Bertz CT molecular complexity index is 3450. The Morgan fingerprint density at radius 3 is 1.21 bits per heavy atom. The van der Waals surface area contributed by atoms with Crippen LogP contribution in [0.1, 0.15) is 41.2 Å². The molecule has 1 aromatic heterocycles. The van der Waals surface area contributed by atoms with Crippen LogP contribution in [0.3, 0.4) is 0 Å². The molecule has 0 radical (unpaired) electrons. The van der Waals surface area contributed by atoms with Gasteiger partial charge < -0.3 is 0 Å². The molecule has 0 amide bonds. The van der Waals surface area contributed by atoms with Crippen molar-refractivity contribution in [1.82, 2.24) is 15.0 Å². The molecule has 3 nitrogen and oxygen atoms in total. The highest BCUT2D eigenvalue weighted by Gasteiger charge is 2.51. The van der Waals surface area contributed by atoms with Crippen molar-refractivity contribution in [1.29, 1.82) is 0 Å². The first-order valence-electron chi connectivity index (χ1n) is 23.1. The molecule has 0 unspecified atom stereocenters. The second kappa shape index (κ2) is 16.5. The van der Waals surface area contributed by atoms with Crippen LogP contribution >= 0.6 is 0 Å². The summed E-state index contributed by atoms with van der Waals surface area (Å²) in [5, 5.41) is 0. The second-order valence-corrected chi connectivity index (χ2v) is 17.4. The van der Waals surface area contributed by atoms with Gasteiger partial charge in [-0.2, -0.15) is 0 Å². The molecular formula is C64H45N3. The van der Waals surface area contributed by atoms with E-state index in [9.17, 15) is 0 Å². The number of aromatic nitrogens is 3. The molecule has 67 heavy (non-hydrogen) atoms. The van der Waals surface area contributed by atoms with E-state index in [1.165, 1.54) is 50.1 Å². The molecule has 316 valence electrons. The summed E-state index contributed by atoms with van der Waals surface area (Å²) in [6.45, 7) is 6.25. The van der Waals surface area contributed by atoms with Gasteiger partial charge in [-0.3, -0.25) is 0 Å². The lowest BCUT2D eigenvalue weighted by Crippen LogP contribution is -2.25. The number of fused-ring (bicyclic) bond motifs is 10. The zero-order chi connectivity index (χ0) is 44.9. The second-order valence-electron chi connectivity index (χ2n) is 17.4. The molecule has 0 atom stereocenters. The van der Waals surface area contributed by atoms with Gasteiger partial charge in [-0.25, -0.2) is 15.0 Å². The van der Waals surface area contributed by atoms with Crippen molar-refractivity contribution in [3.8, 4) is 89.8 Å². The van der Waals surface area contributed by atoms with Crippen molar-refractivity contribution in [2.75, 3.05) is 0 Å². The predicted octanol–water partition coefficient (Wildman–Crippen LogP) is 16.2. The first-order valence-corrected chi connectivity index (χ1v) is 23.1. The topological polar surface area (TPSA) is 38.7 Å². The van der Waals surface area contributed by atoms with Gasteiger partial charge in [0.2, 0.25) is 0 Å². The van der Waals surface area contributed by atoms with E-state index in [2.05, 4.69) is 238 Å². The van der Waals surface area contributed by atoms with Crippen LogP contribution in [0.15, 0.2) is 237 Å². The highest BCUT2D eigenvalue weighted by Crippen LogP contribution is 2.63. The summed E-state index contributed by atoms with van der Waals surface area (Å²) in [5.74, 6) is 1.83. The normalized spacial score (nSPS) is 12.9. The summed E-state index contributed by atoms with van der Waals surface area (Å²) in [6.07, 6.45) is 4.82. The molecule has 12 rings (SSSR count). The third-order valence-corrected chi connectivity index (χ3v) is 13.7. The van der Waals surface area contributed by atoms with Crippen LogP contribution in [-0.4, -0.2) is 15.0 Å². The zero-order valence-electron chi connectivity index (χ0n) is 37.2. The Hall–Kier alpha value is -8.53. The smallest absolute Gasteiger partial charge is 0.164 e. The lowest BCUT2D eigenvalue weighted by atomic mass is 9.70. The Kier molecular flexibility index (Phi) is 9.84. The summed E-state index contributed by atoms with van der Waals surface area (Å²) >= 11 is 0. The maximum Gasteiger partial charge on any atom is 0.164 e. The summed E-state index contributed by atoms with van der Waals surface area (Å²) in [6, 6.07) is 78.8. The van der Waals surface area contributed by atoms with E-state index in [1.807, 2.05) is 6.08 Å². The molecule has 0 N–H and O–H groups in total. The van der Waals surface area contributed by atoms with Gasteiger partial charge in [0.25, 0.3) is 0 Å². The van der Waals surface area contributed by atoms with Gasteiger partial charge in [0.1, 0.15) is 0 Å². The molecule has 2 aliphatic carbocycles. The minimum absolute atomic E-state index is 0.505. The van der Waals surface area contributed by atoms with Crippen molar-refractivity contribution in [2.45, 2.75) is 18.8 Å². The first-order chi connectivity index (χ1) is 33.1. The average Bonchev–Trinajstić information content (AvgIpc) is 3.87. The molecule has 0 aliphatic heterocycles. The van der Waals surface area contributed by atoms with E-state index >= 15 is 0 Å². The monoisotopic (exact) mass is 855 g/mol. The van der Waals surface area contributed by atoms with E-state index < -0.39 is 5.41 Å². The number of benzene rings is 9. The molecule has 0 saturated heterocycles. The van der Waals surface area contributed by atoms with Crippen LogP contribution in [0.5, 0.6) is 0 Å². The van der Waals surface area contributed by atoms with Gasteiger partial charge in [0, 0.05) is 16.7 Å². The van der Waals surface area contributed by atoms with E-state index in [0.717, 1.165) is 62.1 Å². The van der Waals surface area contributed by atoms with Gasteiger partial charge in [0.05, 0.1) is 5.41 Å². The first kappa shape index (κ1) is 40.0. The Morgan fingerprint density at radius 2 is 0.746 bits per heavy atom. The SMILES string of the molecule is C=C/C=C(\CC)c1cc(-c2ccccc2)cc(-c2nc(-c3cc(-c4ccccc4)cc(-c4ccccc4)c3)nc(-c3ccc4c(c3)C3(c5ccccc5-c5ccccc53)c3ccccc3-4)n2)c1. The molecule has 1 spiro atoms. The van der Waals surface area contributed by atoms with E-state index in [0.29, 0.717) is 17.5 Å². The molecule has 0 fully saturated rings. The van der Waals surface area contributed by atoms with Crippen molar-refractivity contribution < 1.29 is 0 Å². The minimum Gasteiger partial charge on any atom is -0.208 e. The predicted molar refractivity (Wildman–Crippen MR) is 277 cm³/mol. The lowest BCUT2D eigenvalue weighted by molar-refractivity contribution is 0.794. The molecule has 0 bridgehead atoms. The highest BCUT2D eigenvalue weighted by molar-refractivity contribution is 5.96. The lowest BCUT2D eigenvalue weighted by Gasteiger charge is -2.30. The van der Waals surface area contributed by atoms with Gasteiger partial charge >= 0.3 is 0 Å². The van der Waals surface area contributed by atoms with Crippen LogP contribution in [0.4, 0.5) is 0 Å². The Balaban J connectivity index is 1.13. The molecule has 9 aromatic carbocycles. The molecule has 3 heteroatoms. The van der Waals surface area contributed by atoms with Gasteiger partial charge in [0.15, 0.2) is 17.5 Å². The van der Waals surface area contributed by atoms with E-state index in [1.54, 1.807) is 0 Å². The summed E-state index contributed by atoms with van der Waals surface area (Å²) in [4.78, 5) is 16.4. The maximum atomic E-state index is 5.48. The summed E-state index contributed by atoms with van der Waals surface area (Å²) < 4.78 is 0. The number of hydrogen-bond donors (Lipinski definition) is 0. The van der Waals surface area contributed by atoms with Crippen LogP contribution in [0.25, 0.3) is 95.4 Å². The largest absolute Gasteiger partial charge is 0.208 e. The van der Waals surface area contributed by atoms with Crippen LogP contribution in [0.2, 0.25) is 0 Å². The fourth-order valence-corrected chi connectivity index (χ4v) is 10.6. The fourth-order valence-electron chi connectivity index (χ4n) is 10.6. The summed E-state index contributed by atoms with van der Waals surface area (Å²) in [5.41, 5.74) is 21.3. The third kappa shape index (κ3) is 6.70. The van der Waals surface area contributed by atoms with Crippen LogP contribution in [0, 0.1) is 0 Å². The summed E-state index contributed by atoms with van der Waals surface area (Å²) in [7, 11) is 0. The van der Waals surface area contributed by atoms with Gasteiger partial charge in [-0.1, -0.05) is 202 Å². The van der Waals surface area contributed by atoms with E-state index in [4.69, 9.17) is 15.0 Å². The molecular weight excluding hydrogens is 811 g/mol.